The summed E-state index contributed by atoms with van der Waals surface area (Å²) in [5.74, 6) is -0.441. The number of carbonyl (C=O) groups is 3. The van der Waals surface area contributed by atoms with E-state index in [1.165, 1.54) is 10.4 Å². The molecule has 2 saturated heterocycles. The van der Waals surface area contributed by atoms with E-state index in [-0.39, 0.29) is 36.0 Å². The minimum absolute atomic E-state index is 0.00139. The monoisotopic (exact) mass is 439 g/mol. The lowest BCUT2D eigenvalue weighted by Crippen LogP contribution is -2.41. The van der Waals surface area contributed by atoms with Crippen LogP contribution in [0.2, 0.25) is 0 Å². The van der Waals surface area contributed by atoms with Crippen LogP contribution >= 0.6 is 11.3 Å². The number of likely N-dealkylation sites (tertiary alicyclic amines) is 1. The van der Waals surface area contributed by atoms with Crippen LogP contribution in [-0.4, -0.2) is 72.2 Å². The molecule has 2 unspecified atom stereocenters. The minimum Gasteiger partial charge on any atom is -0.345 e. The van der Waals surface area contributed by atoms with Crippen molar-refractivity contribution in [3.05, 3.63) is 47.3 Å². The molecule has 0 bridgehead atoms. The second-order valence-corrected chi connectivity index (χ2v) is 9.40. The Balaban J connectivity index is 1.49. The van der Waals surface area contributed by atoms with Crippen molar-refractivity contribution in [3.8, 4) is 10.4 Å². The fourth-order valence-corrected chi connectivity index (χ4v) is 5.26. The van der Waals surface area contributed by atoms with Crippen LogP contribution < -0.4 is 0 Å². The Morgan fingerprint density at radius 2 is 1.87 bits per heavy atom. The normalized spacial score (nSPS) is 22.2. The van der Waals surface area contributed by atoms with Crippen molar-refractivity contribution in [1.29, 1.82) is 0 Å². The molecule has 7 heteroatoms. The van der Waals surface area contributed by atoms with Crippen LogP contribution in [0, 0.1) is 11.8 Å². The molecule has 3 heterocycles. The average Bonchev–Trinajstić information content (AvgIpc) is 3.39. The number of carbonyl (C=O) groups excluding carboxylic acids is 3. The summed E-state index contributed by atoms with van der Waals surface area (Å²) >= 11 is 1.71. The van der Waals surface area contributed by atoms with E-state index in [2.05, 4.69) is 35.7 Å². The van der Waals surface area contributed by atoms with Gasteiger partial charge in [0.2, 0.25) is 17.7 Å². The standard InChI is InChI=1S/C24H29N3O3S/c1-3-26-10-11-27(24(30)20-14-22(28)25(2)15-20)16-19(23(26)29)13-17-6-8-18(9-7-17)21-5-4-12-31-21/h4-9,12,19-20H,3,10-11,13-16H2,1-2H3. The number of likely N-dealkylation sites (N-methyl/N-ethyl adjacent to an activating group) is 1. The van der Waals surface area contributed by atoms with Crippen LogP contribution in [0.4, 0.5) is 0 Å². The van der Waals surface area contributed by atoms with E-state index in [4.69, 9.17) is 0 Å². The number of thiophene rings is 1. The lowest BCUT2D eigenvalue weighted by molar-refractivity contribution is -0.137. The van der Waals surface area contributed by atoms with E-state index < -0.39 is 0 Å². The lowest BCUT2D eigenvalue weighted by atomic mass is 9.96. The third kappa shape index (κ3) is 4.66. The van der Waals surface area contributed by atoms with E-state index in [1.54, 1.807) is 23.3 Å². The first kappa shape index (κ1) is 21.6. The first-order valence-corrected chi connectivity index (χ1v) is 11.8. The highest BCUT2D eigenvalue weighted by Gasteiger charge is 2.38. The molecule has 1 aromatic heterocycles. The molecular weight excluding hydrogens is 410 g/mol. The summed E-state index contributed by atoms with van der Waals surface area (Å²) in [6.45, 7) is 4.57. The van der Waals surface area contributed by atoms with Crippen molar-refractivity contribution < 1.29 is 14.4 Å². The quantitative estimate of drug-likeness (QED) is 0.720. The van der Waals surface area contributed by atoms with Crippen molar-refractivity contribution in [3.63, 3.8) is 0 Å². The van der Waals surface area contributed by atoms with Gasteiger partial charge in [-0.15, -0.1) is 11.3 Å². The second-order valence-electron chi connectivity index (χ2n) is 8.45. The fourth-order valence-electron chi connectivity index (χ4n) is 4.53. The molecule has 2 aromatic rings. The molecule has 2 fully saturated rings. The van der Waals surface area contributed by atoms with Crippen LogP contribution in [0.3, 0.4) is 0 Å². The van der Waals surface area contributed by atoms with Crippen LogP contribution in [0.25, 0.3) is 10.4 Å². The number of rotatable bonds is 5. The van der Waals surface area contributed by atoms with E-state index in [0.29, 0.717) is 39.1 Å². The smallest absolute Gasteiger partial charge is 0.228 e. The molecule has 0 radical (unpaired) electrons. The van der Waals surface area contributed by atoms with Gasteiger partial charge >= 0.3 is 0 Å². The molecule has 3 amide bonds. The Morgan fingerprint density at radius 1 is 1.10 bits per heavy atom. The maximum absolute atomic E-state index is 13.2. The zero-order chi connectivity index (χ0) is 22.0. The summed E-state index contributed by atoms with van der Waals surface area (Å²) in [4.78, 5) is 44.7. The highest BCUT2D eigenvalue weighted by molar-refractivity contribution is 7.13. The maximum Gasteiger partial charge on any atom is 0.228 e. The van der Waals surface area contributed by atoms with Crippen molar-refractivity contribution in [2.75, 3.05) is 39.8 Å². The average molecular weight is 440 g/mol. The SMILES string of the molecule is CCN1CCN(C(=O)C2CC(=O)N(C)C2)CC(Cc2ccc(-c3cccs3)cc2)C1=O. The number of hydrogen-bond donors (Lipinski definition) is 0. The number of benzene rings is 1. The minimum atomic E-state index is -0.300. The van der Waals surface area contributed by atoms with Gasteiger partial charge in [-0.2, -0.15) is 0 Å². The molecule has 2 atom stereocenters. The number of hydrogen-bond acceptors (Lipinski definition) is 4. The molecule has 6 nitrogen and oxygen atoms in total. The van der Waals surface area contributed by atoms with Crippen molar-refractivity contribution >= 4 is 29.1 Å². The molecule has 0 aliphatic carbocycles. The summed E-state index contributed by atoms with van der Waals surface area (Å²) in [7, 11) is 1.74. The Kier molecular flexibility index (Phi) is 6.41. The van der Waals surface area contributed by atoms with Gasteiger partial charge < -0.3 is 14.7 Å². The molecule has 164 valence electrons. The first-order valence-electron chi connectivity index (χ1n) is 10.9. The van der Waals surface area contributed by atoms with Crippen molar-refractivity contribution in [1.82, 2.24) is 14.7 Å². The topological polar surface area (TPSA) is 60.9 Å². The summed E-state index contributed by atoms with van der Waals surface area (Å²) in [5.41, 5.74) is 2.27. The van der Waals surface area contributed by atoms with E-state index in [0.717, 1.165) is 5.56 Å². The summed E-state index contributed by atoms with van der Waals surface area (Å²) in [6.07, 6.45) is 0.874. The Labute approximate surface area is 187 Å². The van der Waals surface area contributed by atoms with Gasteiger partial charge in [0.05, 0.1) is 11.8 Å². The van der Waals surface area contributed by atoms with Crippen molar-refractivity contribution in [2.24, 2.45) is 11.8 Å². The number of amides is 3. The third-order valence-electron chi connectivity index (χ3n) is 6.37. The van der Waals surface area contributed by atoms with Crippen LogP contribution in [0.15, 0.2) is 41.8 Å². The lowest BCUT2D eigenvalue weighted by Gasteiger charge is -2.25. The molecule has 2 aliphatic heterocycles. The zero-order valence-corrected chi connectivity index (χ0v) is 18.9. The summed E-state index contributed by atoms with van der Waals surface area (Å²) in [5, 5.41) is 2.06. The van der Waals surface area contributed by atoms with E-state index >= 15 is 0 Å². The summed E-state index contributed by atoms with van der Waals surface area (Å²) in [6, 6.07) is 12.5. The van der Waals surface area contributed by atoms with E-state index in [1.807, 2.05) is 22.8 Å². The van der Waals surface area contributed by atoms with Crippen molar-refractivity contribution in [2.45, 2.75) is 19.8 Å². The van der Waals surface area contributed by atoms with Crippen LogP contribution in [0.1, 0.15) is 18.9 Å². The van der Waals surface area contributed by atoms with Gasteiger partial charge in [0.15, 0.2) is 0 Å². The van der Waals surface area contributed by atoms with Gasteiger partial charge in [-0.25, -0.2) is 0 Å². The third-order valence-corrected chi connectivity index (χ3v) is 7.29. The Bertz CT molecular complexity index is 941. The predicted octanol–water partition coefficient (Wildman–Crippen LogP) is 2.74. The molecule has 4 rings (SSSR count). The van der Waals surface area contributed by atoms with Crippen LogP contribution in [-0.2, 0) is 20.8 Å². The molecule has 0 N–H and O–H groups in total. The first-order chi connectivity index (χ1) is 15.0. The van der Waals surface area contributed by atoms with Gasteiger partial charge in [0.25, 0.3) is 0 Å². The second kappa shape index (κ2) is 9.22. The van der Waals surface area contributed by atoms with Gasteiger partial charge in [-0.1, -0.05) is 30.3 Å². The van der Waals surface area contributed by atoms with Gasteiger partial charge in [0, 0.05) is 51.1 Å². The highest BCUT2D eigenvalue weighted by atomic mass is 32.1. The van der Waals surface area contributed by atoms with E-state index in [9.17, 15) is 14.4 Å². The molecular formula is C24H29N3O3S. The molecule has 2 aliphatic rings. The molecule has 31 heavy (non-hydrogen) atoms. The summed E-state index contributed by atoms with van der Waals surface area (Å²) < 4.78 is 0. The fraction of sp³-hybridized carbons (Fsp3) is 0.458. The van der Waals surface area contributed by atoms with Gasteiger partial charge in [0.1, 0.15) is 0 Å². The highest BCUT2D eigenvalue weighted by Crippen LogP contribution is 2.26. The Hall–Kier alpha value is -2.67. The molecule has 0 saturated carbocycles. The predicted molar refractivity (Wildman–Crippen MR) is 122 cm³/mol. The molecule has 1 aromatic carbocycles. The van der Waals surface area contributed by atoms with Crippen LogP contribution in [0.5, 0.6) is 0 Å². The van der Waals surface area contributed by atoms with Gasteiger partial charge in [-0.3, -0.25) is 14.4 Å². The number of nitrogens with zero attached hydrogens (tertiary/aromatic N) is 3. The molecule has 0 spiro atoms. The Morgan fingerprint density at radius 3 is 2.48 bits per heavy atom. The maximum atomic E-state index is 13.2. The zero-order valence-electron chi connectivity index (χ0n) is 18.1. The van der Waals surface area contributed by atoms with Gasteiger partial charge in [-0.05, 0) is 35.9 Å². The largest absolute Gasteiger partial charge is 0.345 e.